The highest BCUT2D eigenvalue weighted by atomic mass is 35.5. The molecule has 1 saturated carbocycles. The largest absolute Gasteiger partial charge is 0.505 e. The topological polar surface area (TPSA) is 95.0 Å². The van der Waals surface area contributed by atoms with Gasteiger partial charge in [0.05, 0.1) is 18.4 Å². The monoisotopic (exact) mass is 556 g/mol. The first-order valence-corrected chi connectivity index (χ1v) is 13.0. The van der Waals surface area contributed by atoms with Crippen LogP contribution in [-0.4, -0.2) is 55.3 Å². The first-order chi connectivity index (χ1) is 18.0. The fourth-order valence-corrected chi connectivity index (χ4v) is 7.83. The third-order valence-electron chi connectivity index (χ3n) is 8.59. The molecule has 6 atom stereocenters. The minimum Gasteiger partial charge on any atom is -0.505 e. The Morgan fingerprint density at radius 2 is 1.71 bits per heavy atom. The van der Waals surface area contributed by atoms with E-state index in [9.17, 15) is 28.7 Å². The summed E-state index contributed by atoms with van der Waals surface area (Å²) in [5.74, 6) is -6.81. The van der Waals surface area contributed by atoms with Gasteiger partial charge in [0.1, 0.15) is 0 Å². The van der Waals surface area contributed by atoms with Crippen LogP contribution in [0.15, 0.2) is 60.2 Å². The molecule has 2 aromatic carbocycles. The normalized spacial score (nSPS) is 34.3. The minimum absolute atomic E-state index is 0.117. The van der Waals surface area contributed by atoms with Gasteiger partial charge in [-0.15, -0.1) is 23.2 Å². The van der Waals surface area contributed by atoms with Crippen molar-refractivity contribution < 1.29 is 28.7 Å². The van der Waals surface area contributed by atoms with Gasteiger partial charge in [-0.05, 0) is 42.0 Å². The van der Waals surface area contributed by atoms with Crippen molar-refractivity contribution in [3.63, 3.8) is 0 Å². The number of phenols is 1. The zero-order valence-corrected chi connectivity index (χ0v) is 21.7. The van der Waals surface area contributed by atoms with E-state index in [-0.39, 0.29) is 36.8 Å². The lowest BCUT2D eigenvalue weighted by molar-refractivity contribution is -0.141. The van der Waals surface area contributed by atoms with Crippen molar-refractivity contribution in [3.8, 4) is 5.75 Å². The van der Waals surface area contributed by atoms with Crippen LogP contribution in [-0.2, 0) is 25.7 Å². The van der Waals surface area contributed by atoms with Gasteiger partial charge in [-0.2, -0.15) is 0 Å². The van der Waals surface area contributed by atoms with Crippen molar-refractivity contribution in [3.05, 3.63) is 77.1 Å². The summed E-state index contributed by atoms with van der Waals surface area (Å²) in [7, 11) is 1.29. The van der Waals surface area contributed by atoms with Crippen LogP contribution in [0.5, 0.6) is 5.75 Å². The molecule has 2 aromatic rings. The molecule has 10 heteroatoms. The maximum absolute atomic E-state index is 14.5. The molecule has 2 aliphatic carbocycles. The highest BCUT2D eigenvalue weighted by molar-refractivity contribution is 6.53. The molecule has 2 saturated heterocycles. The Labute approximate surface area is 227 Å². The number of imide groups is 2. The number of benzene rings is 2. The lowest BCUT2D eigenvalue weighted by Crippen LogP contribution is -2.60. The molecule has 0 bridgehead atoms. The lowest BCUT2D eigenvalue weighted by Gasteiger charge is -2.50. The standard InChI is InChI=1S/C28H23Cl2FN2O5/c1-32-25(37)27(29)12-18-16(22(28(27,30)26(32)38)15-7-10-20(34)19(31)11-15)8-9-17-21(18)24(36)33(23(17)35)13-14-5-3-2-4-6-14/h2-8,10-11,17-18,21-22,34H,9,12-13H2,1H3. The molecule has 4 amide bonds. The smallest absolute Gasteiger partial charge is 0.253 e. The van der Waals surface area contributed by atoms with E-state index in [1.807, 2.05) is 30.3 Å². The van der Waals surface area contributed by atoms with Crippen molar-refractivity contribution in [1.82, 2.24) is 9.80 Å². The van der Waals surface area contributed by atoms with Gasteiger partial charge in [0.25, 0.3) is 11.8 Å². The van der Waals surface area contributed by atoms with Crippen LogP contribution in [0.1, 0.15) is 29.9 Å². The third-order valence-corrected chi connectivity index (χ3v) is 10.0. The molecular weight excluding hydrogens is 534 g/mol. The van der Waals surface area contributed by atoms with Gasteiger partial charge in [-0.25, -0.2) is 4.39 Å². The van der Waals surface area contributed by atoms with E-state index in [2.05, 4.69) is 0 Å². The number of likely N-dealkylation sites (tertiary alicyclic amines) is 2. The predicted molar refractivity (Wildman–Crippen MR) is 136 cm³/mol. The second kappa shape index (κ2) is 8.38. The maximum atomic E-state index is 14.5. The number of carbonyl (C=O) groups is 4. The Morgan fingerprint density at radius 3 is 2.39 bits per heavy atom. The maximum Gasteiger partial charge on any atom is 0.253 e. The van der Waals surface area contributed by atoms with Gasteiger partial charge in [0, 0.05) is 13.0 Å². The fraction of sp³-hybridized carbons (Fsp3) is 0.357. The number of rotatable bonds is 3. The molecule has 1 N–H and O–H groups in total. The highest BCUT2D eigenvalue weighted by Crippen LogP contribution is 2.65. The molecule has 38 heavy (non-hydrogen) atoms. The number of hydrogen-bond donors (Lipinski definition) is 1. The summed E-state index contributed by atoms with van der Waals surface area (Å²) in [6, 6.07) is 12.8. The molecule has 196 valence electrons. The Hall–Kier alpha value is -3.23. The van der Waals surface area contributed by atoms with Gasteiger partial charge in [-0.3, -0.25) is 29.0 Å². The van der Waals surface area contributed by atoms with Gasteiger partial charge in [0.2, 0.25) is 11.8 Å². The zero-order valence-electron chi connectivity index (χ0n) is 20.2. The minimum atomic E-state index is -1.99. The molecule has 0 aromatic heterocycles. The van der Waals surface area contributed by atoms with Crippen LogP contribution in [0.25, 0.3) is 0 Å². The van der Waals surface area contributed by atoms with E-state index in [4.69, 9.17) is 23.2 Å². The number of halogens is 3. The van der Waals surface area contributed by atoms with Crippen molar-refractivity contribution in [2.75, 3.05) is 7.05 Å². The Bertz CT molecular complexity index is 1450. The molecule has 0 spiro atoms. The van der Waals surface area contributed by atoms with Crippen molar-refractivity contribution in [2.24, 2.45) is 17.8 Å². The lowest BCUT2D eigenvalue weighted by atomic mass is 9.56. The van der Waals surface area contributed by atoms with Crippen LogP contribution in [0.4, 0.5) is 4.39 Å². The fourth-order valence-electron chi connectivity index (χ4n) is 6.81. The second-order valence-corrected chi connectivity index (χ2v) is 11.7. The Morgan fingerprint density at radius 1 is 1.00 bits per heavy atom. The first kappa shape index (κ1) is 25.1. The van der Waals surface area contributed by atoms with Gasteiger partial charge >= 0.3 is 0 Å². The van der Waals surface area contributed by atoms with Crippen LogP contribution >= 0.6 is 23.2 Å². The number of carbonyl (C=O) groups excluding carboxylic acids is 4. The summed E-state index contributed by atoms with van der Waals surface area (Å²) in [5, 5.41) is 9.78. The summed E-state index contributed by atoms with van der Waals surface area (Å²) in [6.45, 7) is 0.117. The Kier molecular flexibility index (Phi) is 5.53. The number of phenolic OH excluding ortho intramolecular Hbond substituents is 1. The molecule has 4 aliphatic rings. The highest BCUT2D eigenvalue weighted by Gasteiger charge is 2.75. The van der Waals surface area contributed by atoms with Crippen LogP contribution in [0.2, 0.25) is 0 Å². The molecule has 6 unspecified atom stereocenters. The summed E-state index contributed by atoms with van der Waals surface area (Å²) in [4.78, 5) is 52.3. The summed E-state index contributed by atoms with van der Waals surface area (Å²) in [5.41, 5.74) is 1.61. The molecule has 0 radical (unpaired) electrons. The van der Waals surface area contributed by atoms with Gasteiger partial charge < -0.3 is 5.11 Å². The van der Waals surface area contributed by atoms with E-state index in [1.54, 1.807) is 6.08 Å². The number of hydrogen-bond acceptors (Lipinski definition) is 5. The summed E-state index contributed by atoms with van der Waals surface area (Å²) in [6.07, 6.45) is 1.88. The number of alkyl halides is 2. The molecule has 3 fully saturated rings. The predicted octanol–water partition coefficient (Wildman–Crippen LogP) is 3.72. The summed E-state index contributed by atoms with van der Waals surface area (Å²) >= 11 is 14.1. The van der Waals surface area contributed by atoms with Crippen LogP contribution in [0, 0.1) is 23.6 Å². The van der Waals surface area contributed by atoms with Crippen molar-refractivity contribution >= 4 is 46.8 Å². The number of nitrogens with zero attached hydrogens (tertiary/aromatic N) is 2. The average Bonchev–Trinajstić information content (AvgIpc) is 3.21. The zero-order chi connectivity index (χ0) is 27.1. The molecule has 2 heterocycles. The van der Waals surface area contributed by atoms with Crippen LogP contribution < -0.4 is 0 Å². The van der Waals surface area contributed by atoms with Gasteiger partial charge in [-0.1, -0.05) is 48.0 Å². The van der Waals surface area contributed by atoms with Crippen LogP contribution in [0.3, 0.4) is 0 Å². The number of allylic oxidation sites excluding steroid dienone is 2. The quantitative estimate of drug-likeness (QED) is 0.353. The first-order valence-electron chi connectivity index (χ1n) is 12.3. The van der Waals surface area contributed by atoms with E-state index in [0.717, 1.165) is 22.6 Å². The molecule has 6 rings (SSSR count). The van der Waals surface area contributed by atoms with Crippen molar-refractivity contribution in [1.29, 1.82) is 0 Å². The second-order valence-electron chi connectivity index (χ2n) is 10.5. The van der Waals surface area contributed by atoms with E-state index in [0.29, 0.717) is 5.57 Å². The molecular formula is C28H23Cl2FN2O5. The summed E-state index contributed by atoms with van der Waals surface area (Å²) < 4.78 is 14.5. The Balaban J connectivity index is 1.48. The van der Waals surface area contributed by atoms with E-state index in [1.165, 1.54) is 18.0 Å². The number of aromatic hydroxyl groups is 1. The van der Waals surface area contributed by atoms with E-state index >= 15 is 0 Å². The SMILES string of the molecule is CN1C(=O)C2(Cl)CC3C(=CCC4C(=O)N(Cc5ccccc5)C(=O)C43)C(c3ccc(O)c(F)c3)C2(Cl)C1=O. The van der Waals surface area contributed by atoms with E-state index < -0.39 is 56.8 Å². The average molecular weight is 557 g/mol. The third kappa shape index (κ3) is 3.13. The number of amides is 4. The molecule has 7 nitrogen and oxygen atoms in total. The van der Waals surface area contributed by atoms with Crippen molar-refractivity contribution in [2.45, 2.75) is 35.1 Å². The van der Waals surface area contributed by atoms with Gasteiger partial charge in [0.15, 0.2) is 21.3 Å². The number of fused-ring (bicyclic) bond motifs is 4. The molecule has 2 aliphatic heterocycles.